The molecule has 0 fully saturated rings. The molecule has 0 spiro atoms. The highest BCUT2D eigenvalue weighted by Crippen LogP contribution is 2.28. The first-order valence-corrected chi connectivity index (χ1v) is 50.8. The molecule has 0 radical (unpaired) electrons. The lowest BCUT2D eigenvalue weighted by Gasteiger charge is -2.27. The van der Waals surface area contributed by atoms with Crippen molar-refractivity contribution in [3.8, 4) is 5.75 Å². The maximum Gasteiger partial charge on any atom is 0.224 e. The Hall–Kier alpha value is -12.1. The molecule has 4 rings (SSSR count). The number of nitrogens with two attached hydrogens (primary N) is 7. The Kier molecular flexibility index (Phi) is 59.5. The summed E-state index contributed by atoms with van der Waals surface area (Å²) in [6, 6.07) is -0.416. The van der Waals surface area contributed by atoms with E-state index in [-0.39, 0.29) is 186 Å². The van der Waals surface area contributed by atoms with Crippen molar-refractivity contribution >= 4 is 106 Å². The fraction of sp³-hybridized carbons (Fsp3) is 0.676. The minimum absolute atomic E-state index is 0.00110. The number of carbonyl (C=O) groups excluding carboxylic acids is 15. The van der Waals surface area contributed by atoms with Gasteiger partial charge in [0.25, 0.3) is 0 Å². The van der Waals surface area contributed by atoms with Gasteiger partial charge in [-0.1, -0.05) is 172 Å². The number of amides is 8. The molecule has 8 amide bonds. The molecule has 0 saturated heterocycles. The summed E-state index contributed by atoms with van der Waals surface area (Å²) in [5, 5.41) is 29.7. The number of aromatic hydroxyl groups is 1. The highest BCUT2D eigenvalue weighted by Gasteiger charge is 2.39. The Bertz CT molecular complexity index is 4540. The summed E-state index contributed by atoms with van der Waals surface area (Å²) in [7, 11) is 0. The lowest BCUT2D eigenvalue weighted by molar-refractivity contribution is -0.136. The van der Waals surface area contributed by atoms with Gasteiger partial charge < -0.3 is 97.4 Å². The third-order valence-corrected chi connectivity index (χ3v) is 25.5. The number of nitrogens with one attached hydrogen (secondary N) is 10. The van der Waals surface area contributed by atoms with Crippen LogP contribution in [0.1, 0.15) is 312 Å². The lowest BCUT2D eigenvalue weighted by Crippen LogP contribution is -2.49. The van der Waals surface area contributed by atoms with Crippen LogP contribution in [0.3, 0.4) is 0 Å². The van der Waals surface area contributed by atoms with Gasteiger partial charge in [-0.3, -0.25) is 86.9 Å². The predicted molar refractivity (Wildman–Crippen MR) is 545 cm³/mol. The molecule has 15 atom stereocenters. The van der Waals surface area contributed by atoms with Gasteiger partial charge in [0.2, 0.25) is 47.3 Å². The van der Waals surface area contributed by atoms with Crippen molar-refractivity contribution in [3.63, 3.8) is 0 Å². The van der Waals surface area contributed by atoms with E-state index < -0.39 is 155 Å². The van der Waals surface area contributed by atoms with Gasteiger partial charge in [-0.25, -0.2) is 15.0 Å². The molecule has 0 saturated carbocycles. The minimum Gasteiger partial charge on any atom is -0.508 e. The van der Waals surface area contributed by atoms with Crippen molar-refractivity contribution in [1.29, 1.82) is 0 Å². The molecule has 0 unspecified atom stereocenters. The number of nitrogens with zero attached hydrogens (tertiary/aromatic N) is 6. The highest BCUT2D eigenvalue weighted by molar-refractivity contribution is 6.00. The second kappa shape index (κ2) is 68.1. The van der Waals surface area contributed by atoms with Crippen molar-refractivity contribution in [1.82, 2.24) is 67.1 Å². The van der Waals surface area contributed by atoms with Crippen LogP contribution in [0.5, 0.6) is 5.75 Å². The number of phenols is 1. The van der Waals surface area contributed by atoms with Crippen molar-refractivity contribution in [2.24, 2.45) is 120 Å². The third kappa shape index (κ3) is 51.3. The van der Waals surface area contributed by atoms with Crippen LogP contribution >= 0.6 is 0 Å². The Labute approximate surface area is 833 Å². The Morgan fingerprint density at radius 1 is 0.376 bits per heavy atom. The summed E-state index contributed by atoms with van der Waals surface area (Å²) in [6.45, 7) is 25.3. The van der Waals surface area contributed by atoms with Gasteiger partial charge in [0.05, 0.1) is 73.1 Å². The van der Waals surface area contributed by atoms with Crippen molar-refractivity contribution in [2.45, 2.75) is 358 Å². The molecule has 4 aromatic rings. The van der Waals surface area contributed by atoms with Crippen LogP contribution in [0.2, 0.25) is 0 Å². The Morgan fingerprint density at radius 2 is 0.780 bits per heavy atom. The van der Waals surface area contributed by atoms with Crippen LogP contribution in [-0.4, -0.2) is 203 Å². The van der Waals surface area contributed by atoms with Crippen molar-refractivity contribution in [2.75, 3.05) is 19.6 Å². The summed E-state index contributed by atoms with van der Waals surface area (Å²) in [4.78, 5) is 238. The predicted octanol–water partition coefficient (Wildman–Crippen LogP) is 8.26. The van der Waals surface area contributed by atoms with Crippen molar-refractivity contribution < 1.29 is 77.0 Å². The van der Waals surface area contributed by atoms with Gasteiger partial charge in [0.15, 0.2) is 58.4 Å². The lowest BCUT2D eigenvalue weighted by atomic mass is 9.85. The van der Waals surface area contributed by atoms with Crippen LogP contribution in [0.4, 0.5) is 0 Å². The van der Waals surface area contributed by atoms with E-state index in [0.717, 1.165) is 24.8 Å². The number of hydrogen-bond donors (Lipinski definition) is 18. The Balaban J connectivity index is 0.000000798. The first-order valence-electron chi connectivity index (χ1n) is 50.8. The number of rotatable bonds is 75. The summed E-state index contributed by atoms with van der Waals surface area (Å²) in [5.41, 5.74) is 41.9. The number of unbranched alkanes of at least 4 members (excludes halogenated alkanes) is 12. The summed E-state index contributed by atoms with van der Waals surface area (Å²) in [5.74, 6) is -13.8. The Morgan fingerprint density at radius 3 is 1.22 bits per heavy atom. The number of ketones is 7. The fourth-order valence-electron chi connectivity index (χ4n) is 16.7. The third-order valence-electron chi connectivity index (χ3n) is 25.5. The standard InChI is InChI=1S/C60H100N16O10.C42H69N7O6/c1-9-36(7)45(53(61)82)31-49(78)37(8)73-56(85)41(24-34(3)4)29-52(81)48(25-35(5)6)76-55(84)40(14-11-21-69-58(62)63)28-50(79)46(15-12-22-70-59(64)65)75-57(86)42(27-43-32-68-33-72-43)30-51(80)47(16-13-23-71-60(66)67)74-54(83)39(10-2)26-38-17-19-44(77)20-18-38;1-7-8-9-10-11-12-13-14-15-16-17-18-19-20-39(53)48-36(24-35-26-44-28-46-35)37(51)21-30(4)41(54)49-40(29(2)3)38(52)23-33(22-34-25-43-27-45-34)42(55)47-31(5)32(6)50/h17-20,32-37,39-42,45-48,77H,9-16,21-31H2,1-8H3,(H2,61,82)(H,68,72)(H,73,85)(H,74,83)(H,75,86)(H,76,84)(H4,62,63,69)(H4,64,65,70)(H4,66,67,71);25-31,33,36,40H,7-24H2,1-6H3,(H,43,45)(H,44,46)(H,47,55)(H,48,53)(H,49,54)/t36-,37-,39-,40+,41+,42+,45-,46-,47-,48-;30-,31+,33-,36+,40+/m01/s1. The number of aromatic nitrogens is 6. The number of H-pyrrole nitrogens is 3. The first-order chi connectivity index (χ1) is 66.9. The molecule has 141 heavy (non-hydrogen) atoms. The van der Waals surface area contributed by atoms with E-state index in [1.807, 2.05) is 48.5 Å². The number of guanidine groups is 3. The topological polar surface area (TPSA) is 666 Å². The van der Waals surface area contributed by atoms with Crippen LogP contribution in [0, 0.1) is 65.1 Å². The molecule has 788 valence electrons. The number of primary amides is 1. The summed E-state index contributed by atoms with van der Waals surface area (Å²) in [6.07, 6.45) is 26.6. The molecule has 3 aromatic heterocycles. The number of Topliss-reactive ketones (excluding diaryl/α,β-unsaturated/α-hetero) is 7. The molecule has 39 heteroatoms. The van der Waals surface area contributed by atoms with E-state index in [0.29, 0.717) is 49.2 Å². The number of phenolic OH excluding ortho intramolecular Hbond substituents is 1. The zero-order valence-electron chi connectivity index (χ0n) is 86.1. The van der Waals surface area contributed by atoms with Gasteiger partial charge in [-0.2, -0.15) is 0 Å². The monoisotopic (exact) mass is 1970 g/mol. The molecule has 1 aromatic carbocycles. The van der Waals surface area contributed by atoms with Crippen LogP contribution in [-0.2, 0) is 97.6 Å². The molecule has 0 aliphatic heterocycles. The number of benzene rings is 1. The number of imidazole rings is 3. The SMILES string of the molecule is CCCCCCCCCCCCCCCC(=O)N[C@@H](Cc1cnc[nH]1)C(=O)C[C@@H](C)C(=O)N[C@H](C(=O)C[C@@H](Cc1cnc[nH]1)C(=O)N[C@@H](C)C(C)=O)C(C)C.CC[C@@H](Cc1ccc(O)cc1)C(=O)N[C@@H](CCCN=C(N)N)C(=O)C[C@@H](Cc1cnc[nH]1)C(=O)N[C@@H](CCCN=C(N)N)C(=O)C[C@@H](CCCN=C(N)N)C(=O)N[C@@H](CC(C)C)C(=O)C[C@@H](CC(C)C)C(=O)N[C@@H](C)C(=O)C[C@H](C(N)=O)[C@@H](C)CC. The molecular formula is C102H169N23O16. The minimum atomic E-state index is -1.25. The average Bonchev–Trinajstić information content (AvgIpc) is 1.28. The molecule has 3 heterocycles. The average molecular weight is 1970 g/mol. The highest BCUT2D eigenvalue weighted by atomic mass is 16.3. The van der Waals surface area contributed by atoms with Gasteiger partial charge in [0.1, 0.15) is 5.75 Å². The zero-order valence-corrected chi connectivity index (χ0v) is 86.1. The van der Waals surface area contributed by atoms with Crippen LogP contribution in [0.25, 0.3) is 0 Å². The number of aromatic amines is 3. The molecule has 0 aliphatic rings. The van der Waals surface area contributed by atoms with Crippen molar-refractivity contribution in [3.05, 3.63) is 84.5 Å². The fourth-order valence-corrected chi connectivity index (χ4v) is 16.7. The van der Waals surface area contributed by atoms with Gasteiger partial charge in [-0.05, 0) is 133 Å². The van der Waals surface area contributed by atoms with E-state index in [4.69, 9.17) is 40.1 Å². The second-order valence-electron chi connectivity index (χ2n) is 39.1. The van der Waals surface area contributed by atoms with E-state index in [1.54, 1.807) is 52.2 Å². The van der Waals surface area contributed by atoms with E-state index in [2.05, 4.69) is 89.0 Å². The van der Waals surface area contributed by atoms with E-state index in [1.165, 1.54) is 115 Å². The zero-order chi connectivity index (χ0) is 105. The van der Waals surface area contributed by atoms with Gasteiger partial charge in [0, 0.05) is 149 Å². The number of carbonyl (C=O) groups is 15. The van der Waals surface area contributed by atoms with Crippen LogP contribution in [0.15, 0.2) is 76.8 Å². The normalized spacial score (nSPS) is 14.5. The molecule has 0 aliphatic carbocycles. The maximum atomic E-state index is 14.8. The number of hydrogen-bond acceptors (Lipinski definition) is 22. The quantitative estimate of drug-likeness (QED) is 0.0112. The van der Waals surface area contributed by atoms with Crippen LogP contribution < -0.4 is 77.4 Å². The first kappa shape index (κ1) is 123. The summed E-state index contributed by atoms with van der Waals surface area (Å²) >= 11 is 0. The number of aliphatic imine (C=N–C) groups is 3. The van der Waals surface area contributed by atoms with E-state index >= 15 is 0 Å². The van der Waals surface area contributed by atoms with Gasteiger partial charge in [-0.15, -0.1) is 0 Å². The summed E-state index contributed by atoms with van der Waals surface area (Å²) < 4.78 is 0. The smallest absolute Gasteiger partial charge is 0.224 e. The van der Waals surface area contributed by atoms with Gasteiger partial charge >= 0.3 is 0 Å². The molecule has 39 nitrogen and oxygen atoms in total. The van der Waals surface area contributed by atoms with E-state index in [9.17, 15) is 77.0 Å². The largest absolute Gasteiger partial charge is 0.508 e. The molecular weight excluding hydrogens is 1800 g/mol. The molecule has 0 bridgehead atoms. The molecule has 25 N–H and O–H groups in total. The maximum absolute atomic E-state index is 14.8. The second-order valence-corrected chi connectivity index (χ2v) is 39.1.